The summed E-state index contributed by atoms with van der Waals surface area (Å²) in [5.74, 6) is 0.888. The van der Waals surface area contributed by atoms with Gasteiger partial charge in [-0.3, -0.25) is 0 Å². The molecule has 5 nitrogen and oxygen atoms in total. The van der Waals surface area contributed by atoms with Crippen LogP contribution in [0.4, 0.5) is 11.5 Å². The van der Waals surface area contributed by atoms with Crippen molar-refractivity contribution in [2.24, 2.45) is 0 Å². The first-order valence-electron chi connectivity index (χ1n) is 5.65. The van der Waals surface area contributed by atoms with Crippen molar-refractivity contribution in [3.05, 3.63) is 12.5 Å². The molecular weight excluding hydrogens is 202 g/mol. The van der Waals surface area contributed by atoms with Crippen LogP contribution in [-0.2, 0) is 0 Å². The normalized spacial score (nSPS) is 20.7. The average Bonchev–Trinajstić information content (AvgIpc) is 2.66. The van der Waals surface area contributed by atoms with Gasteiger partial charge in [0.25, 0.3) is 0 Å². The molecule has 1 saturated heterocycles. The van der Waals surface area contributed by atoms with E-state index >= 15 is 0 Å². The van der Waals surface area contributed by atoms with Gasteiger partial charge in [0.2, 0.25) is 0 Å². The summed E-state index contributed by atoms with van der Waals surface area (Å²) in [6.45, 7) is 2.09. The van der Waals surface area contributed by atoms with Crippen molar-refractivity contribution in [2.75, 3.05) is 37.8 Å². The van der Waals surface area contributed by atoms with E-state index in [1.807, 2.05) is 0 Å². The van der Waals surface area contributed by atoms with Gasteiger partial charge in [-0.15, -0.1) is 0 Å². The van der Waals surface area contributed by atoms with E-state index in [1.54, 1.807) is 12.5 Å². The fraction of sp³-hybridized carbons (Fsp3) is 0.636. The summed E-state index contributed by atoms with van der Waals surface area (Å²) in [6, 6.07) is 0.521. The van der Waals surface area contributed by atoms with Gasteiger partial charge in [0.15, 0.2) is 5.82 Å². The van der Waals surface area contributed by atoms with E-state index < -0.39 is 0 Å². The number of hydrogen-bond donors (Lipinski definition) is 1. The second kappa shape index (κ2) is 4.65. The Kier molecular flexibility index (Phi) is 3.24. The van der Waals surface area contributed by atoms with E-state index in [4.69, 9.17) is 5.73 Å². The Morgan fingerprint density at radius 1 is 1.56 bits per heavy atom. The number of aromatic nitrogens is 2. The number of nitrogens with two attached hydrogens (primary N) is 1. The molecule has 1 atom stereocenters. The Hall–Kier alpha value is -1.36. The third-order valence-corrected chi connectivity index (χ3v) is 2.94. The van der Waals surface area contributed by atoms with Crippen molar-refractivity contribution in [2.45, 2.75) is 18.9 Å². The number of anilines is 2. The topological polar surface area (TPSA) is 58.3 Å². The van der Waals surface area contributed by atoms with Crippen LogP contribution in [0.15, 0.2) is 12.5 Å². The minimum Gasteiger partial charge on any atom is -0.394 e. The van der Waals surface area contributed by atoms with Crippen LogP contribution in [0.5, 0.6) is 0 Å². The molecule has 16 heavy (non-hydrogen) atoms. The van der Waals surface area contributed by atoms with E-state index in [1.165, 1.54) is 12.8 Å². The minimum atomic E-state index is 0.521. The summed E-state index contributed by atoms with van der Waals surface area (Å²) in [4.78, 5) is 12.7. The molecule has 0 radical (unpaired) electrons. The van der Waals surface area contributed by atoms with E-state index in [-0.39, 0.29) is 0 Å². The van der Waals surface area contributed by atoms with Crippen molar-refractivity contribution in [3.63, 3.8) is 0 Å². The zero-order chi connectivity index (χ0) is 11.5. The lowest BCUT2D eigenvalue weighted by Crippen LogP contribution is -2.38. The molecule has 0 bridgehead atoms. The predicted octanol–water partition coefficient (Wildman–Crippen LogP) is 0.589. The molecule has 1 aliphatic heterocycles. The van der Waals surface area contributed by atoms with Gasteiger partial charge in [-0.05, 0) is 26.9 Å². The van der Waals surface area contributed by atoms with Gasteiger partial charge in [0.1, 0.15) is 6.33 Å². The molecule has 0 amide bonds. The first kappa shape index (κ1) is 11.1. The van der Waals surface area contributed by atoms with Gasteiger partial charge in [-0.25, -0.2) is 9.97 Å². The summed E-state index contributed by atoms with van der Waals surface area (Å²) in [6.07, 6.45) is 5.66. The van der Waals surface area contributed by atoms with Gasteiger partial charge < -0.3 is 15.5 Å². The van der Waals surface area contributed by atoms with Crippen LogP contribution in [0.25, 0.3) is 0 Å². The van der Waals surface area contributed by atoms with Crippen molar-refractivity contribution >= 4 is 11.5 Å². The number of hydrogen-bond acceptors (Lipinski definition) is 5. The summed E-state index contributed by atoms with van der Waals surface area (Å²) in [7, 11) is 4.19. The van der Waals surface area contributed by atoms with Crippen LogP contribution in [0.3, 0.4) is 0 Å². The third kappa shape index (κ3) is 2.24. The molecule has 1 fully saturated rings. The Labute approximate surface area is 96.3 Å². The van der Waals surface area contributed by atoms with Gasteiger partial charge in [0, 0.05) is 19.1 Å². The molecule has 0 aromatic carbocycles. The van der Waals surface area contributed by atoms with Crippen LogP contribution in [0, 0.1) is 0 Å². The monoisotopic (exact) mass is 221 g/mol. The standard InChI is InChI=1S/C11H19N5/c1-15(2)7-9-4-3-5-16(9)11-10(12)6-13-8-14-11/h6,8-9H,3-5,7,12H2,1-2H3. The van der Waals surface area contributed by atoms with Crippen molar-refractivity contribution < 1.29 is 0 Å². The molecule has 0 aliphatic carbocycles. The van der Waals surface area contributed by atoms with Crippen LogP contribution in [-0.4, -0.2) is 48.1 Å². The molecule has 88 valence electrons. The third-order valence-electron chi connectivity index (χ3n) is 2.94. The first-order valence-corrected chi connectivity index (χ1v) is 5.65. The van der Waals surface area contributed by atoms with E-state index in [9.17, 15) is 0 Å². The molecule has 5 heteroatoms. The van der Waals surface area contributed by atoms with Crippen LogP contribution < -0.4 is 10.6 Å². The van der Waals surface area contributed by atoms with Gasteiger partial charge in [-0.1, -0.05) is 0 Å². The fourth-order valence-corrected chi connectivity index (χ4v) is 2.30. The molecule has 1 aromatic heterocycles. The Balaban J connectivity index is 2.17. The Morgan fingerprint density at radius 2 is 2.38 bits per heavy atom. The maximum Gasteiger partial charge on any atom is 0.155 e. The maximum absolute atomic E-state index is 5.91. The highest BCUT2D eigenvalue weighted by atomic mass is 15.3. The lowest BCUT2D eigenvalue weighted by atomic mass is 10.2. The van der Waals surface area contributed by atoms with E-state index in [0.29, 0.717) is 11.7 Å². The number of rotatable bonds is 3. The first-order chi connectivity index (χ1) is 7.68. The second-order valence-corrected chi connectivity index (χ2v) is 4.55. The summed E-state index contributed by atoms with van der Waals surface area (Å²) < 4.78 is 0. The average molecular weight is 221 g/mol. The Bertz CT molecular complexity index is 352. The predicted molar refractivity (Wildman–Crippen MR) is 65.4 cm³/mol. The van der Waals surface area contributed by atoms with E-state index in [2.05, 4.69) is 33.9 Å². The Morgan fingerprint density at radius 3 is 3.06 bits per heavy atom. The highest BCUT2D eigenvalue weighted by molar-refractivity contribution is 5.61. The zero-order valence-corrected chi connectivity index (χ0v) is 9.93. The smallest absolute Gasteiger partial charge is 0.155 e. The molecule has 1 aliphatic rings. The van der Waals surface area contributed by atoms with Crippen molar-refractivity contribution in [3.8, 4) is 0 Å². The quantitative estimate of drug-likeness (QED) is 0.809. The molecule has 2 heterocycles. The van der Waals surface area contributed by atoms with Gasteiger partial charge >= 0.3 is 0 Å². The summed E-state index contributed by atoms with van der Waals surface area (Å²) in [5, 5.41) is 0. The van der Waals surface area contributed by atoms with Crippen LogP contribution in [0.1, 0.15) is 12.8 Å². The molecule has 0 saturated carbocycles. The van der Waals surface area contributed by atoms with Crippen LogP contribution in [0.2, 0.25) is 0 Å². The van der Waals surface area contributed by atoms with E-state index in [0.717, 1.165) is 18.9 Å². The lowest BCUT2D eigenvalue weighted by Gasteiger charge is -2.28. The molecule has 0 spiro atoms. The summed E-state index contributed by atoms with van der Waals surface area (Å²) >= 11 is 0. The molecule has 2 rings (SSSR count). The fourth-order valence-electron chi connectivity index (χ4n) is 2.30. The largest absolute Gasteiger partial charge is 0.394 e. The summed E-state index contributed by atoms with van der Waals surface area (Å²) in [5.41, 5.74) is 6.59. The van der Waals surface area contributed by atoms with Gasteiger partial charge in [-0.2, -0.15) is 0 Å². The molecule has 1 unspecified atom stereocenters. The number of nitrogen functional groups attached to an aromatic ring is 1. The molecular formula is C11H19N5. The molecule has 1 aromatic rings. The highest BCUT2D eigenvalue weighted by Crippen LogP contribution is 2.27. The lowest BCUT2D eigenvalue weighted by molar-refractivity contribution is 0.371. The van der Waals surface area contributed by atoms with Crippen LogP contribution >= 0.6 is 0 Å². The van der Waals surface area contributed by atoms with Crippen molar-refractivity contribution in [1.82, 2.24) is 14.9 Å². The SMILES string of the molecule is CN(C)CC1CCCN1c1ncncc1N. The maximum atomic E-state index is 5.91. The second-order valence-electron chi connectivity index (χ2n) is 4.55. The minimum absolute atomic E-state index is 0.521. The van der Waals surface area contributed by atoms with Crippen molar-refractivity contribution in [1.29, 1.82) is 0 Å². The highest BCUT2D eigenvalue weighted by Gasteiger charge is 2.27. The number of nitrogens with zero attached hydrogens (tertiary/aromatic N) is 4. The van der Waals surface area contributed by atoms with Gasteiger partial charge in [0.05, 0.1) is 11.9 Å². The number of likely N-dealkylation sites (N-methyl/N-ethyl adjacent to an activating group) is 1. The molecule has 2 N–H and O–H groups in total. The zero-order valence-electron chi connectivity index (χ0n) is 9.93.